The van der Waals surface area contributed by atoms with Crippen LogP contribution in [0.5, 0.6) is 0 Å². The molecule has 10 heteroatoms. The number of hydrogen-bond donors (Lipinski definition) is 3. The molecule has 0 saturated carbocycles. The van der Waals surface area contributed by atoms with E-state index in [1.165, 1.54) is 18.2 Å². The number of benzene rings is 4. The molecule has 0 bridgehead atoms. The van der Waals surface area contributed by atoms with E-state index in [4.69, 9.17) is 19.3 Å². The molecule has 10 nitrogen and oxygen atoms in total. The van der Waals surface area contributed by atoms with Crippen LogP contribution < -0.4 is 9.80 Å². The summed E-state index contributed by atoms with van der Waals surface area (Å²) in [6.45, 7) is 5.85. The molecule has 0 atom stereocenters. The van der Waals surface area contributed by atoms with Crippen LogP contribution in [0.4, 0.5) is 11.4 Å². The Morgan fingerprint density at radius 2 is 1.06 bits per heavy atom. The van der Waals surface area contributed by atoms with Crippen molar-refractivity contribution in [2.75, 3.05) is 56.3 Å². The summed E-state index contributed by atoms with van der Waals surface area (Å²) in [5.74, 6) is -0.459. The highest BCUT2D eigenvalue weighted by Crippen LogP contribution is 2.29. The lowest BCUT2D eigenvalue weighted by Crippen LogP contribution is -2.48. The monoisotopic (exact) mass is 700 g/mol. The molecular weight excluding hydrogens is 648 g/mol. The van der Waals surface area contributed by atoms with Gasteiger partial charge in [-0.05, 0) is 58.7 Å². The number of ether oxygens (including phenoxy) is 3. The Balaban J connectivity index is 0.000000265. The SMILES string of the molecule is C.C.COC(=O)c1ccc(N2CC(COCc3ccccc3)C2)cc1CO.O=C(O)c1ccc(N2CC(COCc3ccccc3)C2)cc1CO. The molecule has 0 unspecified atom stereocenters. The topological polar surface area (TPSA) is 129 Å². The van der Waals surface area contributed by atoms with Gasteiger partial charge >= 0.3 is 11.9 Å². The first-order chi connectivity index (χ1) is 23.9. The summed E-state index contributed by atoms with van der Waals surface area (Å²) in [5.41, 5.74) is 5.92. The van der Waals surface area contributed by atoms with Crippen LogP contribution in [-0.4, -0.2) is 73.8 Å². The standard InChI is InChI=1S/C20H23NO4.C19H21NO4.2CH4/c1-24-20(23)19-8-7-18(9-17(19)12-22)21-10-16(11-21)14-25-13-15-5-3-2-4-6-15;21-11-16-8-17(6-7-18(16)19(22)23)20-9-15(10-20)13-24-12-14-4-2-1-3-5-14;;/h2-9,16,22H,10-14H2,1H3;1-8,15,21H,9-13H2,(H,22,23);2*1H4. The van der Waals surface area contributed by atoms with Gasteiger partial charge in [-0.25, -0.2) is 9.59 Å². The second kappa shape index (κ2) is 20.2. The molecule has 2 saturated heterocycles. The van der Waals surface area contributed by atoms with Crippen LogP contribution in [0, 0.1) is 11.8 Å². The molecule has 0 amide bonds. The maximum atomic E-state index is 11.7. The average Bonchev–Trinajstić information content (AvgIpc) is 3.10. The van der Waals surface area contributed by atoms with Gasteiger partial charge in [-0.15, -0.1) is 0 Å². The Kier molecular flexibility index (Phi) is 16.1. The van der Waals surface area contributed by atoms with Crippen molar-refractivity contribution in [3.05, 3.63) is 130 Å². The van der Waals surface area contributed by atoms with Gasteiger partial charge in [-0.2, -0.15) is 0 Å². The summed E-state index contributed by atoms with van der Waals surface area (Å²) in [5, 5.41) is 27.9. The fourth-order valence-electron chi connectivity index (χ4n) is 5.94. The van der Waals surface area contributed by atoms with Crippen molar-refractivity contribution >= 4 is 23.3 Å². The van der Waals surface area contributed by atoms with Gasteiger partial charge in [0, 0.05) is 49.4 Å². The number of carboxylic acid groups (broad SMARTS) is 1. The Morgan fingerprint density at radius 1 is 0.647 bits per heavy atom. The molecule has 2 aliphatic rings. The Morgan fingerprint density at radius 3 is 1.45 bits per heavy atom. The van der Waals surface area contributed by atoms with E-state index in [0.29, 0.717) is 48.3 Å². The smallest absolute Gasteiger partial charge is 0.338 e. The molecular formula is C41H52N2O8. The van der Waals surface area contributed by atoms with Crippen LogP contribution in [0.15, 0.2) is 97.1 Å². The number of methoxy groups -OCH3 is 1. The first-order valence-electron chi connectivity index (χ1n) is 16.4. The number of rotatable bonds is 14. The molecule has 2 heterocycles. The number of carbonyl (C=O) groups excluding carboxylic acids is 1. The molecule has 0 radical (unpaired) electrons. The summed E-state index contributed by atoms with van der Waals surface area (Å²) in [6, 6.07) is 30.8. The van der Waals surface area contributed by atoms with Crippen molar-refractivity contribution in [1.82, 2.24) is 0 Å². The number of carbonyl (C=O) groups is 2. The minimum absolute atomic E-state index is 0. The fourth-order valence-corrected chi connectivity index (χ4v) is 5.94. The number of nitrogens with zero attached hydrogens (tertiary/aromatic N) is 2. The predicted octanol–water partition coefficient (Wildman–Crippen LogP) is 6.42. The van der Waals surface area contributed by atoms with E-state index in [1.54, 1.807) is 24.3 Å². The Labute approximate surface area is 301 Å². The van der Waals surface area contributed by atoms with Crippen LogP contribution in [0.2, 0.25) is 0 Å². The van der Waals surface area contributed by atoms with Crippen LogP contribution in [0.3, 0.4) is 0 Å². The van der Waals surface area contributed by atoms with Crippen molar-refractivity contribution in [2.24, 2.45) is 11.8 Å². The molecule has 0 aromatic heterocycles. The molecule has 0 spiro atoms. The minimum atomic E-state index is -1.01. The third kappa shape index (κ3) is 11.1. The van der Waals surface area contributed by atoms with Crippen molar-refractivity contribution in [3.8, 4) is 0 Å². The molecule has 6 rings (SSSR count). The lowest BCUT2D eigenvalue weighted by molar-refractivity contribution is 0.0596. The van der Waals surface area contributed by atoms with Crippen LogP contribution in [0.1, 0.15) is 57.8 Å². The molecule has 51 heavy (non-hydrogen) atoms. The van der Waals surface area contributed by atoms with Gasteiger partial charge in [0.1, 0.15) is 0 Å². The fraction of sp³-hybridized carbons (Fsp3) is 0.366. The largest absolute Gasteiger partial charge is 0.478 e. The van der Waals surface area contributed by atoms with Gasteiger partial charge in [0.25, 0.3) is 0 Å². The molecule has 0 aliphatic carbocycles. The van der Waals surface area contributed by atoms with E-state index >= 15 is 0 Å². The van der Waals surface area contributed by atoms with E-state index in [2.05, 4.69) is 21.9 Å². The zero-order valence-electron chi connectivity index (χ0n) is 27.7. The quantitative estimate of drug-likeness (QED) is 0.127. The normalized spacial score (nSPS) is 13.8. The van der Waals surface area contributed by atoms with Crippen molar-refractivity contribution < 1.29 is 39.1 Å². The van der Waals surface area contributed by atoms with Gasteiger partial charge in [0.15, 0.2) is 0 Å². The van der Waals surface area contributed by atoms with Crippen LogP contribution in [0.25, 0.3) is 0 Å². The van der Waals surface area contributed by atoms with Gasteiger partial charge in [-0.1, -0.05) is 75.5 Å². The highest BCUT2D eigenvalue weighted by molar-refractivity contribution is 5.91. The average molecular weight is 701 g/mol. The third-order valence-electron chi connectivity index (χ3n) is 8.73. The first-order valence-corrected chi connectivity index (χ1v) is 16.4. The molecule has 4 aromatic rings. The van der Waals surface area contributed by atoms with E-state index in [1.807, 2.05) is 60.7 Å². The molecule has 3 N–H and O–H groups in total. The highest BCUT2D eigenvalue weighted by Gasteiger charge is 2.29. The molecule has 2 aliphatic heterocycles. The highest BCUT2D eigenvalue weighted by atomic mass is 16.5. The van der Waals surface area contributed by atoms with Crippen molar-refractivity contribution in [3.63, 3.8) is 0 Å². The summed E-state index contributed by atoms with van der Waals surface area (Å²) >= 11 is 0. The molecule has 2 fully saturated rings. The van der Waals surface area contributed by atoms with E-state index in [0.717, 1.165) is 44.2 Å². The summed E-state index contributed by atoms with van der Waals surface area (Å²) in [7, 11) is 1.34. The number of esters is 1. The second-order valence-corrected chi connectivity index (χ2v) is 12.3. The van der Waals surface area contributed by atoms with Crippen molar-refractivity contribution in [1.29, 1.82) is 0 Å². The predicted molar refractivity (Wildman–Crippen MR) is 200 cm³/mol. The molecule has 274 valence electrons. The maximum absolute atomic E-state index is 11.7. The van der Waals surface area contributed by atoms with Crippen molar-refractivity contribution in [2.45, 2.75) is 41.3 Å². The number of carboxylic acids is 1. The molecule has 4 aromatic carbocycles. The maximum Gasteiger partial charge on any atom is 0.338 e. The summed E-state index contributed by atoms with van der Waals surface area (Å²) in [4.78, 5) is 27.2. The van der Waals surface area contributed by atoms with Gasteiger partial charge in [-0.3, -0.25) is 0 Å². The number of hydrogen-bond acceptors (Lipinski definition) is 9. The van der Waals surface area contributed by atoms with E-state index in [-0.39, 0.29) is 33.6 Å². The lowest BCUT2D eigenvalue weighted by atomic mass is 9.98. The zero-order chi connectivity index (χ0) is 34.6. The van der Waals surface area contributed by atoms with Gasteiger partial charge < -0.3 is 39.3 Å². The Hall–Kier alpha value is -4.74. The summed E-state index contributed by atoms with van der Waals surface area (Å²) < 4.78 is 16.3. The minimum Gasteiger partial charge on any atom is -0.478 e. The first kappa shape index (κ1) is 40.7. The number of aliphatic hydroxyl groups excluding tert-OH is 2. The van der Waals surface area contributed by atoms with Gasteiger partial charge in [0.05, 0.1) is 57.9 Å². The van der Waals surface area contributed by atoms with Gasteiger partial charge in [0.2, 0.25) is 0 Å². The lowest BCUT2D eigenvalue weighted by Gasteiger charge is -2.41. The number of aliphatic hydroxyl groups is 2. The number of anilines is 2. The zero-order valence-corrected chi connectivity index (χ0v) is 27.7. The van der Waals surface area contributed by atoms with E-state index < -0.39 is 11.9 Å². The van der Waals surface area contributed by atoms with Crippen LogP contribution in [-0.2, 0) is 40.6 Å². The Bertz CT molecular complexity index is 1660. The summed E-state index contributed by atoms with van der Waals surface area (Å²) in [6.07, 6.45) is 0. The van der Waals surface area contributed by atoms with Crippen LogP contribution >= 0.6 is 0 Å². The third-order valence-corrected chi connectivity index (χ3v) is 8.73. The number of aromatic carboxylic acids is 1. The van der Waals surface area contributed by atoms with E-state index in [9.17, 15) is 19.8 Å². The second-order valence-electron chi connectivity index (χ2n) is 12.3.